The smallest absolute Gasteiger partial charge is 0.139 e. The highest BCUT2D eigenvalue weighted by atomic mass is 32.1. The second-order valence-corrected chi connectivity index (χ2v) is 8.74. The summed E-state index contributed by atoms with van der Waals surface area (Å²) in [6.07, 6.45) is 4.37. The fourth-order valence-electron chi connectivity index (χ4n) is 3.61. The first kappa shape index (κ1) is 16.0. The van der Waals surface area contributed by atoms with Crippen LogP contribution in [0.15, 0.2) is 47.8 Å². The van der Waals surface area contributed by atoms with E-state index >= 15 is 0 Å². The van der Waals surface area contributed by atoms with E-state index in [1.165, 1.54) is 39.1 Å². The van der Waals surface area contributed by atoms with E-state index in [2.05, 4.69) is 47.1 Å². The molecule has 0 aliphatic heterocycles. The van der Waals surface area contributed by atoms with Crippen LogP contribution >= 0.6 is 22.7 Å². The zero-order valence-corrected chi connectivity index (χ0v) is 16.0. The molecular weight excluding hydrogens is 358 g/mol. The molecule has 1 aliphatic carbocycles. The molecular formula is C21H19N3S2. The van der Waals surface area contributed by atoms with Gasteiger partial charge < -0.3 is 5.32 Å². The summed E-state index contributed by atoms with van der Waals surface area (Å²) in [5, 5.41) is 6.98. The summed E-state index contributed by atoms with van der Waals surface area (Å²) in [5.41, 5.74) is 2.73. The molecule has 0 unspecified atom stereocenters. The lowest BCUT2D eigenvalue weighted by Crippen LogP contribution is -2.05. The van der Waals surface area contributed by atoms with Crippen LogP contribution in [-0.2, 0) is 25.8 Å². The second-order valence-electron chi connectivity index (χ2n) is 6.62. The number of fused-ring (bicyclic) bond motifs is 3. The van der Waals surface area contributed by atoms with Gasteiger partial charge in [-0.1, -0.05) is 36.4 Å². The van der Waals surface area contributed by atoms with E-state index in [9.17, 15) is 0 Å². The van der Waals surface area contributed by atoms with E-state index in [4.69, 9.17) is 9.97 Å². The maximum absolute atomic E-state index is 4.93. The van der Waals surface area contributed by atoms with E-state index in [1.54, 1.807) is 11.3 Å². The van der Waals surface area contributed by atoms with Gasteiger partial charge in [0.2, 0.25) is 0 Å². The largest absolute Gasteiger partial charge is 0.365 e. The molecule has 5 heteroatoms. The van der Waals surface area contributed by atoms with Gasteiger partial charge in [-0.2, -0.15) is 0 Å². The minimum absolute atomic E-state index is 0.771. The molecule has 0 fully saturated rings. The quantitative estimate of drug-likeness (QED) is 0.503. The zero-order chi connectivity index (χ0) is 17.3. The Morgan fingerprint density at radius 2 is 1.92 bits per heavy atom. The summed E-state index contributed by atoms with van der Waals surface area (Å²) in [4.78, 5) is 13.8. The number of rotatable bonds is 5. The predicted molar refractivity (Wildman–Crippen MR) is 110 cm³/mol. The number of hydrogen-bond donors (Lipinski definition) is 1. The third kappa shape index (κ3) is 3.02. The summed E-state index contributed by atoms with van der Waals surface area (Å²) in [6.45, 7) is 0.819. The average molecular weight is 378 g/mol. The number of thiophene rings is 2. The Morgan fingerprint density at radius 1 is 1.00 bits per heavy atom. The molecule has 1 aliphatic rings. The van der Waals surface area contributed by atoms with Gasteiger partial charge in [-0.3, -0.25) is 0 Å². The van der Waals surface area contributed by atoms with Gasteiger partial charge in [-0.15, -0.1) is 22.7 Å². The van der Waals surface area contributed by atoms with Crippen molar-refractivity contribution in [2.24, 2.45) is 0 Å². The van der Waals surface area contributed by atoms with Gasteiger partial charge in [0.15, 0.2) is 0 Å². The zero-order valence-electron chi connectivity index (χ0n) is 14.4. The maximum atomic E-state index is 4.93. The molecule has 0 spiro atoms. The number of aromatic nitrogens is 2. The molecule has 3 aromatic heterocycles. The number of aryl methyl sites for hydroxylation is 2. The van der Waals surface area contributed by atoms with E-state index in [1.807, 2.05) is 17.4 Å². The first-order chi connectivity index (χ1) is 12.9. The molecule has 0 amide bonds. The summed E-state index contributed by atoms with van der Waals surface area (Å²) < 4.78 is 0. The van der Waals surface area contributed by atoms with Crippen molar-refractivity contribution in [3.8, 4) is 0 Å². The van der Waals surface area contributed by atoms with Gasteiger partial charge >= 0.3 is 0 Å². The fourth-order valence-corrected chi connectivity index (χ4v) is 5.53. The summed E-state index contributed by atoms with van der Waals surface area (Å²) in [6, 6.07) is 14.7. The van der Waals surface area contributed by atoms with Gasteiger partial charge in [0.25, 0.3) is 0 Å². The SMILES string of the molecule is c1ccc(Cc2nc(NCc3cccs3)c3c4c(sc3n2)CCC4)cc1. The van der Waals surface area contributed by atoms with Gasteiger partial charge in [-0.05, 0) is 41.8 Å². The van der Waals surface area contributed by atoms with Crippen molar-refractivity contribution in [3.63, 3.8) is 0 Å². The molecule has 0 saturated carbocycles. The van der Waals surface area contributed by atoms with Gasteiger partial charge in [-0.25, -0.2) is 9.97 Å². The second kappa shape index (κ2) is 6.82. The first-order valence-electron chi connectivity index (χ1n) is 8.98. The van der Waals surface area contributed by atoms with Crippen molar-refractivity contribution in [1.82, 2.24) is 9.97 Å². The molecule has 0 saturated heterocycles. The molecule has 0 radical (unpaired) electrons. The van der Waals surface area contributed by atoms with Crippen molar-refractivity contribution >= 4 is 38.7 Å². The highest BCUT2D eigenvalue weighted by molar-refractivity contribution is 7.19. The van der Waals surface area contributed by atoms with Crippen LogP contribution in [0.2, 0.25) is 0 Å². The van der Waals surface area contributed by atoms with Gasteiger partial charge in [0.05, 0.1) is 11.9 Å². The molecule has 0 atom stereocenters. The Balaban J connectivity index is 1.55. The number of hydrogen-bond acceptors (Lipinski definition) is 5. The standard InChI is InChI=1S/C21H19N3S2/c1-2-6-14(7-3-1)12-18-23-20(22-13-15-8-5-11-25-15)19-16-9-4-10-17(16)26-21(19)24-18/h1-3,5-8,11H,4,9-10,12-13H2,(H,22,23,24). The lowest BCUT2D eigenvalue weighted by Gasteiger charge is -2.10. The minimum Gasteiger partial charge on any atom is -0.365 e. The Bertz CT molecular complexity index is 1040. The molecule has 1 aromatic carbocycles. The summed E-state index contributed by atoms with van der Waals surface area (Å²) in [5.74, 6) is 1.91. The molecule has 4 aromatic rings. The predicted octanol–water partition coefficient (Wildman–Crippen LogP) is 5.44. The Morgan fingerprint density at radius 3 is 2.77 bits per heavy atom. The number of nitrogens with zero attached hydrogens (tertiary/aromatic N) is 2. The average Bonchev–Trinajstić information content (AvgIpc) is 3.37. The molecule has 3 heterocycles. The molecule has 1 N–H and O–H groups in total. The first-order valence-corrected chi connectivity index (χ1v) is 10.7. The van der Waals surface area contributed by atoms with Crippen molar-refractivity contribution in [2.75, 3.05) is 5.32 Å². The normalized spacial score (nSPS) is 13.2. The van der Waals surface area contributed by atoms with Crippen LogP contribution < -0.4 is 5.32 Å². The number of benzene rings is 1. The topological polar surface area (TPSA) is 37.8 Å². The van der Waals surface area contributed by atoms with Crippen LogP contribution in [0.5, 0.6) is 0 Å². The highest BCUT2D eigenvalue weighted by Crippen LogP contribution is 2.39. The Labute approximate surface area is 160 Å². The molecule has 5 rings (SSSR count). The highest BCUT2D eigenvalue weighted by Gasteiger charge is 2.22. The van der Waals surface area contributed by atoms with E-state index < -0.39 is 0 Å². The van der Waals surface area contributed by atoms with Crippen LogP contribution in [0.4, 0.5) is 5.82 Å². The maximum Gasteiger partial charge on any atom is 0.139 e. The van der Waals surface area contributed by atoms with E-state index in [-0.39, 0.29) is 0 Å². The Kier molecular flexibility index (Phi) is 4.19. The summed E-state index contributed by atoms with van der Waals surface area (Å²) >= 11 is 3.64. The summed E-state index contributed by atoms with van der Waals surface area (Å²) in [7, 11) is 0. The third-order valence-corrected chi connectivity index (χ3v) is 6.89. The van der Waals surface area contributed by atoms with Crippen LogP contribution in [0.25, 0.3) is 10.2 Å². The lowest BCUT2D eigenvalue weighted by atomic mass is 10.1. The third-order valence-electron chi connectivity index (χ3n) is 4.83. The van der Waals surface area contributed by atoms with E-state index in [0.29, 0.717) is 0 Å². The fraction of sp³-hybridized carbons (Fsp3) is 0.238. The monoisotopic (exact) mass is 377 g/mol. The van der Waals surface area contributed by atoms with Crippen LogP contribution in [-0.4, -0.2) is 9.97 Å². The molecule has 3 nitrogen and oxygen atoms in total. The minimum atomic E-state index is 0.771. The van der Waals surface area contributed by atoms with Gasteiger partial charge in [0.1, 0.15) is 16.5 Å². The lowest BCUT2D eigenvalue weighted by molar-refractivity contribution is 0.916. The molecule has 26 heavy (non-hydrogen) atoms. The van der Waals surface area contributed by atoms with Crippen molar-refractivity contribution in [1.29, 1.82) is 0 Å². The Hall–Kier alpha value is -2.24. The van der Waals surface area contributed by atoms with Crippen molar-refractivity contribution in [3.05, 3.63) is 74.6 Å². The molecule has 0 bridgehead atoms. The van der Waals surface area contributed by atoms with Crippen molar-refractivity contribution in [2.45, 2.75) is 32.2 Å². The van der Waals surface area contributed by atoms with E-state index in [0.717, 1.165) is 35.9 Å². The molecule has 130 valence electrons. The number of anilines is 1. The van der Waals surface area contributed by atoms with Gasteiger partial charge in [0, 0.05) is 16.2 Å². The number of nitrogens with one attached hydrogen (secondary N) is 1. The van der Waals surface area contributed by atoms with Crippen molar-refractivity contribution < 1.29 is 0 Å². The van der Waals surface area contributed by atoms with Crippen LogP contribution in [0.1, 0.15) is 33.1 Å². The van der Waals surface area contributed by atoms with Crippen LogP contribution in [0.3, 0.4) is 0 Å². The van der Waals surface area contributed by atoms with Crippen LogP contribution in [0, 0.1) is 0 Å².